The number of carbonyl (C=O) groups is 1. The Hall–Kier alpha value is -2.17. The molecule has 1 aromatic heterocycles. The van der Waals surface area contributed by atoms with E-state index in [1.807, 2.05) is 18.7 Å². The van der Waals surface area contributed by atoms with Gasteiger partial charge in [0.15, 0.2) is 0 Å². The number of hydrogen-bond acceptors (Lipinski definition) is 3. The summed E-state index contributed by atoms with van der Waals surface area (Å²) in [6, 6.07) is 11.3. The Morgan fingerprint density at radius 1 is 1.00 bits per heavy atom. The largest absolute Gasteiger partial charge is 0.353 e. The van der Waals surface area contributed by atoms with Crippen molar-refractivity contribution in [2.45, 2.75) is 75.3 Å². The van der Waals surface area contributed by atoms with Crippen LogP contribution in [0.15, 0.2) is 43.0 Å². The first-order valence-corrected chi connectivity index (χ1v) is 10.4. The van der Waals surface area contributed by atoms with E-state index in [1.165, 1.54) is 31.2 Å². The van der Waals surface area contributed by atoms with Gasteiger partial charge in [0.25, 0.3) is 0 Å². The SMILES string of the molecule is O=C(NC1CCC(n2cnnc2)CC1)[C@@]1(c2ccccc2)CC12CCCC2. The zero-order valence-electron chi connectivity index (χ0n) is 15.8. The molecule has 0 saturated heterocycles. The molecule has 3 fully saturated rings. The van der Waals surface area contributed by atoms with Crippen LogP contribution in [-0.4, -0.2) is 26.7 Å². The smallest absolute Gasteiger partial charge is 0.231 e. The molecule has 5 nitrogen and oxygen atoms in total. The van der Waals surface area contributed by atoms with Crippen LogP contribution in [-0.2, 0) is 10.2 Å². The molecule has 2 aromatic rings. The zero-order chi connectivity index (χ0) is 18.3. The van der Waals surface area contributed by atoms with E-state index in [0.29, 0.717) is 12.1 Å². The van der Waals surface area contributed by atoms with Gasteiger partial charge in [0.05, 0.1) is 5.41 Å². The van der Waals surface area contributed by atoms with Gasteiger partial charge in [0.2, 0.25) is 5.91 Å². The molecule has 1 atom stereocenters. The van der Waals surface area contributed by atoms with Crippen LogP contribution in [0.5, 0.6) is 0 Å². The molecular formula is C22H28N4O. The topological polar surface area (TPSA) is 59.8 Å². The number of hydrogen-bond donors (Lipinski definition) is 1. The van der Waals surface area contributed by atoms with Crippen LogP contribution >= 0.6 is 0 Å². The summed E-state index contributed by atoms with van der Waals surface area (Å²) in [7, 11) is 0. The van der Waals surface area contributed by atoms with Gasteiger partial charge in [-0.05, 0) is 55.9 Å². The predicted molar refractivity (Wildman–Crippen MR) is 103 cm³/mol. The van der Waals surface area contributed by atoms with Gasteiger partial charge in [-0.15, -0.1) is 10.2 Å². The average molecular weight is 364 g/mol. The molecule has 0 unspecified atom stereocenters. The highest BCUT2D eigenvalue weighted by molar-refractivity contribution is 5.93. The minimum absolute atomic E-state index is 0.220. The second kappa shape index (κ2) is 6.47. The second-order valence-corrected chi connectivity index (χ2v) is 8.82. The molecule has 27 heavy (non-hydrogen) atoms. The lowest BCUT2D eigenvalue weighted by Gasteiger charge is -2.32. The van der Waals surface area contributed by atoms with E-state index in [-0.39, 0.29) is 16.7 Å². The number of amides is 1. The van der Waals surface area contributed by atoms with E-state index in [0.717, 1.165) is 32.1 Å². The van der Waals surface area contributed by atoms with Crippen molar-refractivity contribution in [3.63, 3.8) is 0 Å². The van der Waals surface area contributed by atoms with Gasteiger partial charge in [-0.3, -0.25) is 4.79 Å². The van der Waals surface area contributed by atoms with E-state index < -0.39 is 0 Å². The molecule has 142 valence electrons. The molecule has 0 bridgehead atoms. The Morgan fingerprint density at radius 2 is 1.67 bits per heavy atom. The van der Waals surface area contributed by atoms with E-state index in [1.54, 1.807) is 0 Å². The van der Waals surface area contributed by atoms with Gasteiger partial charge in [-0.25, -0.2) is 0 Å². The molecule has 5 heteroatoms. The zero-order valence-corrected chi connectivity index (χ0v) is 15.8. The standard InChI is InChI=1S/C22H28N4O/c27-20(25-18-8-10-19(11-9-18)26-15-23-24-16-26)22(17-6-2-1-3-7-17)14-21(22)12-4-5-13-21/h1-3,6-7,15-16,18-19H,4-5,8-14H2,(H,25,27)/t18?,19?,22-/m0/s1. The first-order chi connectivity index (χ1) is 13.2. The van der Waals surface area contributed by atoms with Crippen molar-refractivity contribution in [3.8, 4) is 0 Å². The fourth-order valence-electron chi connectivity index (χ4n) is 5.93. The Morgan fingerprint density at radius 3 is 2.33 bits per heavy atom. The number of aromatic nitrogens is 3. The molecule has 3 aliphatic carbocycles. The highest BCUT2D eigenvalue weighted by Gasteiger charge is 2.72. The van der Waals surface area contributed by atoms with E-state index in [2.05, 4.69) is 44.3 Å². The van der Waals surface area contributed by atoms with Crippen molar-refractivity contribution in [2.75, 3.05) is 0 Å². The lowest BCUT2D eigenvalue weighted by Crippen LogP contribution is -2.45. The van der Waals surface area contributed by atoms with Gasteiger partial charge in [-0.1, -0.05) is 43.2 Å². The number of nitrogens with zero attached hydrogens (tertiary/aromatic N) is 3. The van der Waals surface area contributed by atoms with Crippen LogP contribution < -0.4 is 5.32 Å². The Bertz CT molecular complexity index is 789. The van der Waals surface area contributed by atoms with Crippen molar-refractivity contribution in [2.24, 2.45) is 5.41 Å². The molecular weight excluding hydrogens is 336 g/mol. The summed E-state index contributed by atoms with van der Waals surface area (Å²) in [5.41, 5.74) is 1.16. The minimum Gasteiger partial charge on any atom is -0.353 e. The van der Waals surface area contributed by atoms with Crippen molar-refractivity contribution in [1.29, 1.82) is 0 Å². The van der Waals surface area contributed by atoms with Crippen molar-refractivity contribution < 1.29 is 4.79 Å². The third-order valence-corrected chi connectivity index (χ3v) is 7.49. The third-order valence-electron chi connectivity index (χ3n) is 7.49. The van der Waals surface area contributed by atoms with Gasteiger partial charge < -0.3 is 9.88 Å². The lowest BCUT2D eigenvalue weighted by molar-refractivity contribution is -0.125. The Balaban J connectivity index is 1.30. The van der Waals surface area contributed by atoms with E-state index in [9.17, 15) is 4.79 Å². The predicted octanol–water partition coefficient (Wildman–Crippen LogP) is 3.78. The maximum atomic E-state index is 13.5. The Labute approximate surface area is 160 Å². The van der Waals surface area contributed by atoms with E-state index >= 15 is 0 Å². The van der Waals surface area contributed by atoms with Crippen LogP contribution in [0.25, 0.3) is 0 Å². The fraction of sp³-hybridized carbons (Fsp3) is 0.591. The van der Waals surface area contributed by atoms with Gasteiger partial charge in [-0.2, -0.15) is 0 Å². The van der Waals surface area contributed by atoms with Crippen molar-refractivity contribution in [1.82, 2.24) is 20.1 Å². The number of benzene rings is 1. The maximum absolute atomic E-state index is 13.5. The van der Waals surface area contributed by atoms with E-state index in [4.69, 9.17) is 0 Å². The lowest BCUT2D eigenvalue weighted by atomic mass is 9.83. The van der Waals surface area contributed by atoms with Crippen LogP contribution in [0.3, 0.4) is 0 Å². The molecule has 1 spiro atoms. The maximum Gasteiger partial charge on any atom is 0.231 e. The number of nitrogens with one attached hydrogen (secondary N) is 1. The summed E-state index contributed by atoms with van der Waals surface area (Å²) in [6.07, 6.45) is 13.8. The van der Waals surface area contributed by atoms with Crippen LogP contribution in [0.2, 0.25) is 0 Å². The fourth-order valence-corrected chi connectivity index (χ4v) is 5.93. The summed E-state index contributed by atoms with van der Waals surface area (Å²) in [5, 5.41) is 11.3. The summed E-state index contributed by atoms with van der Waals surface area (Å²) in [6.45, 7) is 0. The molecule has 1 amide bonds. The van der Waals surface area contributed by atoms with Gasteiger partial charge in [0.1, 0.15) is 12.7 Å². The van der Waals surface area contributed by atoms with Gasteiger partial charge in [0, 0.05) is 12.1 Å². The summed E-state index contributed by atoms with van der Waals surface area (Å²) in [4.78, 5) is 13.5. The number of carbonyl (C=O) groups excluding carboxylic acids is 1. The average Bonchev–Trinajstić information content (AvgIpc) is 3.07. The molecule has 1 aromatic carbocycles. The van der Waals surface area contributed by atoms with Crippen molar-refractivity contribution in [3.05, 3.63) is 48.5 Å². The first-order valence-electron chi connectivity index (χ1n) is 10.4. The van der Waals surface area contributed by atoms with Gasteiger partial charge >= 0.3 is 0 Å². The minimum atomic E-state index is -0.282. The summed E-state index contributed by atoms with van der Waals surface area (Å²) in [5.74, 6) is 0.281. The number of rotatable bonds is 4. The first kappa shape index (κ1) is 17.0. The van der Waals surface area contributed by atoms with Crippen LogP contribution in [0.4, 0.5) is 0 Å². The summed E-state index contributed by atoms with van der Waals surface area (Å²) >= 11 is 0. The molecule has 0 radical (unpaired) electrons. The summed E-state index contributed by atoms with van der Waals surface area (Å²) < 4.78 is 2.11. The molecule has 5 rings (SSSR count). The monoisotopic (exact) mass is 364 g/mol. The molecule has 1 heterocycles. The molecule has 1 N–H and O–H groups in total. The van der Waals surface area contributed by atoms with Crippen LogP contribution in [0, 0.1) is 5.41 Å². The molecule has 0 aliphatic heterocycles. The normalized spacial score (nSPS) is 31.7. The van der Waals surface area contributed by atoms with Crippen molar-refractivity contribution >= 4 is 5.91 Å². The quantitative estimate of drug-likeness (QED) is 0.898. The molecule has 3 saturated carbocycles. The highest BCUT2D eigenvalue weighted by atomic mass is 16.2. The second-order valence-electron chi connectivity index (χ2n) is 8.82. The Kier molecular flexibility index (Phi) is 4.06. The highest BCUT2D eigenvalue weighted by Crippen LogP contribution is 2.72. The van der Waals surface area contributed by atoms with Crippen LogP contribution in [0.1, 0.15) is 69.4 Å². The molecule has 3 aliphatic rings. The third kappa shape index (κ3) is 2.70.